The maximum absolute atomic E-state index is 12.9. The Morgan fingerprint density at radius 1 is 0.966 bits per heavy atom. The zero-order valence-corrected chi connectivity index (χ0v) is 17.0. The molecule has 1 heterocycles. The van der Waals surface area contributed by atoms with Crippen molar-refractivity contribution in [2.75, 3.05) is 32.8 Å². The summed E-state index contributed by atoms with van der Waals surface area (Å²) >= 11 is 0. The maximum Gasteiger partial charge on any atom is 0.243 e. The van der Waals surface area contributed by atoms with Crippen LogP contribution in [0.25, 0.3) is 0 Å². The minimum absolute atomic E-state index is 0.0721. The van der Waals surface area contributed by atoms with Gasteiger partial charge in [0.25, 0.3) is 0 Å². The Balaban J connectivity index is 1.44. The lowest BCUT2D eigenvalue weighted by molar-refractivity contribution is -0.121. The molecule has 1 aliphatic rings. The van der Waals surface area contributed by atoms with Crippen LogP contribution in [0.4, 0.5) is 4.39 Å². The molecule has 0 aliphatic carbocycles. The van der Waals surface area contributed by atoms with Crippen LogP contribution in [0.2, 0.25) is 0 Å². The summed E-state index contributed by atoms with van der Waals surface area (Å²) in [6, 6.07) is 12.9. The van der Waals surface area contributed by atoms with E-state index in [4.69, 9.17) is 4.74 Å². The molecule has 1 N–H and O–H groups in total. The van der Waals surface area contributed by atoms with Crippen LogP contribution < -0.4 is 5.32 Å². The first-order valence-corrected chi connectivity index (χ1v) is 11.1. The van der Waals surface area contributed by atoms with E-state index in [2.05, 4.69) is 5.32 Å². The number of benzene rings is 2. The van der Waals surface area contributed by atoms with E-state index in [0.717, 1.165) is 11.1 Å². The Labute approximate surface area is 170 Å². The molecule has 1 fully saturated rings. The molecule has 0 bridgehead atoms. The van der Waals surface area contributed by atoms with Gasteiger partial charge in [-0.3, -0.25) is 4.79 Å². The summed E-state index contributed by atoms with van der Waals surface area (Å²) in [5.74, 6) is -0.348. The number of ether oxygens (including phenoxy) is 1. The average Bonchev–Trinajstić information content (AvgIpc) is 2.74. The number of sulfonamides is 1. The molecule has 29 heavy (non-hydrogen) atoms. The fourth-order valence-corrected chi connectivity index (χ4v) is 4.52. The number of hydrogen-bond donors (Lipinski definition) is 1. The Morgan fingerprint density at radius 2 is 1.55 bits per heavy atom. The molecule has 1 aliphatic heterocycles. The monoisotopic (exact) mass is 420 g/mol. The van der Waals surface area contributed by atoms with Crippen LogP contribution in [0.1, 0.15) is 17.5 Å². The van der Waals surface area contributed by atoms with Gasteiger partial charge in [0.05, 0.1) is 18.1 Å². The van der Waals surface area contributed by atoms with Crippen molar-refractivity contribution >= 4 is 15.9 Å². The van der Waals surface area contributed by atoms with Gasteiger partial charge in [0, 0.05) is 26.1 Å². The van der Waals surface area contributed by atoms with Crippen molar-refractivity contribution < 1.29 is 22.3 Å². The highest BCUT2D eigenvalue weighted by Crippen LogP contribution is 2.18. The fourth-order valence-electron chi connectivity index (χ4n) is 3.11. The summed E-state index contributed by atoms with van der Waals surface area (Å²) in [4.78, 5) is 12.3. The predicted molar refractivity (Wildman–Crippen MR) is 107 cm³/mol. The summed E-state index contributed by atoms with van der Waals surface area (Å²) in [6.45, 7) is 2.03. The molecule has 3 rings (SSSR count). The third-order valence-electron chi connectivity index (χ3n) is 4.82. The molecule has 0 aromatic heterocycles. The SMILES string of the molecule is O=C(CCc1ccc(S(=O)(=O)N2CCOCC2)cc1)NCCc1ccc(F)cc1. The number of halogens is 1. The molecule has 0 unspecified atom stereocenters. The molecule has 8 heteroatoms. The van der Waals surface area contributed by atoms with Gasteiger partial charge in [-0.1, -0.05) is 24.3 Å². The maximum atomic E-state index is 12.9. The molecular formula is C21H25FN2O4S. The number of aryl methyl sites for hydroxylation is 1. The normalized spacial score (nSPS) is 15.2. The van der Waals surface area contributed by atoms with Gasteiger partial charge in [-0.2, -0.15) is 4.31 Å². The van der Waals surface area contributed by atoms with Crippen molar-refractivity contribution in [2.45, 2.75) is 24.2 Å². The number of carbonyl (C=O) groups excluding carboxylic acids is 1. The average molecular weight is 421 g/mol. The number of rotatable bonds is 8. The lowest BCUT2D eigenvalue weighted by Crippen LogP contribution is -2.40. The summed E-state index contributed by atoms with van der Waals surface area (Å²) in [5, 5.41) is 2.85. The van der Waals surface area contributed by atoms with E-state index < -0.39 is 10.0 Å². The number of nitrogens with one attached hydrogen (secondary N) is 1. The van der Waals surface area contributed by atoms with E-state index >= 15 is 0 Å². The van der Waals surface area contributed by atoms with E-state index in [1.165, 1.54) is 16.4 Å². The van der Waals surface area contributed by atoms with Crippen molar-refractivity contribution in [3.8, 4) is 0 Å². The summed E-state index contributed by atoms with van der Waals surface area (Å²) < 4.78 is 44.7. The van der Waals surface area contributed by atoms with E-state index in [1.54, 1.807) is 36.4 Å². The number of carbonyl (C=O) groups is 1. The molecule has 6 nitrogen and oxygen atoms in total. The molecule has 0 atom stereocenters. The van der Waals surface area contributed by atoms with Gasteiger partial charge in [-0.15, -0.1) is 0 Å². The molecule has 0 radical (unpaired) electrons. The summed E-state index contributed by atoms with van der Waals surface area (Å²) in [6.07, 6.45) is 1.49. The van der Waals surface area contributed by atoms with Crippen molar-refractivity contribution in [3.05, 3.63) is 65.5 Å². The standard InChI is InChI=1S/C21H25FN2O4S/c22-19-6-1-18(2-7-19)11-12-23-21(25)10-5-17-3-8-20(9-4-17)29(26,27)24-13-15-28-16-14-24/h1-4,6-9H,5,10-16H2,(H,23,25). The van der Waals surface area contributed by atoms with Crippen LogP contribution in [0.5, 0.6) is 0 Å². The molecular weight excluding hydrogens is 395 g/mol. The van der Waals surface area contributed by atoms with Gasteiger partial charge >= 0.3 is 0 Å². The highest BCUT2D eigenvalue weighted by molar-refractivity contribution is 7.89. The van der Waals surface area contributed by atoms with Crippen LogP contribution in [-0.2, 0) is 32.4 Å². The minimum atomic E-state index is -3.50. The predicted octanol–water partition coefficient (Wildman–Crippen LogP) is 2.14. The highest BCUT2D eigenvalue weighted by Gasteiger charge is 2.26. The Kier molecular flexibility index (Phi) is 7.35. The fraction of sp³-hybridized carbons (Fsp3) is 0.381. The van der Waals surface area contributed by atoms with E-state index in [-0.39, 0.29) is 16.6 Å². The highest BCUT2D eigenvalue weighted by atomic mass is 32.2. The van der Waals surface area contributed by atoms with E-state index in [1.807, 2.05) is 0 Å². The third-order valence-corrected chi connectivity index (χ3v) is 6.73. The van der Waals surface area contributed by atoms with Crippen LogP contribution in [0.15, 0.2) is 53.4 Å². The second kappa shape index (κ2) is 9.96. The lowest BCUT2D eigenvalue weighted by atomic mass is 10.1. The molecule has 2 aromatic rings. The van der Waals surface area contributed by atoms with Gasteiger partial charge in [-0.25, -0.2) is 12.8 Å². The molecule has 1 amide bonds. The van der Waals surface area contributed by atoms with E-state index in [0.29, 0.717) is 52.1 Å². The zero-order valence-electron chi connectivity index (χ0n) is 16.1. The largest absolute Gasteiger partial charge is 0.379 e. The lowest BCUT2D eigenvalue weighted by Gasteiger charge is -2.26. The molecule has 156 valence electrons. The topological polar surface area (TPSA) is 75.7 Å². The van der Waals surface area contributed by atoms with Gasteiger partial charge in [0.15, 0.2) is 0 Å². The minimum Gasteiger partial charge on any atom is -0.379 e. The first kappa shape index (κ1) is 21.4. The number of hydrogen-bond acceptors (Lipinski definition) is 4. The Hall–Kier alpha value is -2.29. The number of nitrogens with zero attached hydrogens (tertiary/aromatic N) is 1. The number of amides is 1. The van der Waals surface area contributed by atoms with Crippen LogP contribution in [-0.4, -0.2) is 51.5 Å². The molecule has 0 saturated carbocycles. The Morgan fingerprint density at radius 3 is 2.21 bits per heavy atom. The first-order valence-electron chi connectivity index (χ1n) is 9.63. The Bertz CT molecular complexity index is 909. The van der Waals surface area contributed by atoms with Crippen LogP contribution >= 0.6 is 0 Å². The molecule has 0 spiro atoms. The van der Waals surface area contributed by atoms with Gasteiger partial charge in [-0.05, 0) is 48.2 Å². The summed E-state index contributed by atoms with van der Waals surface area (Å²) in [5.41, 5.74) is 1.86. The van der Waals surface area contributed by atoms with Crippen molar-refractivity contribution in [1.82, 2.24) is 9.62 Å². The van der Waals surface area contributed by atoms with Crippen molar-refractivity contribution in [2.24, 2.45) is 0 Å². The van der Waals surface area contributed by atoms with Crippen LogP contribution in [0, 0.1) is 5.82 Å². The van der Waals surface area contributed by atoms with E-state index in [9.17, 15) is 17.6 Å². The quantitative estimate of drug-likeness (QED) is 0.710. The third kappa shape index (κ3) is 6.09. The van der Waals surface area contributed by atoms with Crippen LogP contribution in [0.3, 0.4) is 0 Å². The second-order valence-electron chi connectivity index (χ2n) is 6.89. The zero-order chi connectivity index (χ0) is 20.7. The van der Waals surface area contributed by atoms with Crippen molar-refractivity contribution in [1.29, 1.82) is 0 Å². The smallest absolute Gasteiger partial charge is 0.243 e. The van der Waals surface area contributed by atoms with Crippen molar-refractivity contribution in [3.63, 3.8) is 0 Å². The first-order chi connectivity index (χ1) is 13.9. The van der Waals surface area contributed by atoms with Gasteiger partial charge in [0.2, 0.25) is 15.9 Å². The second-order valence-corrected chi connectivity index (χ2v) is 8.82. The van der Waals surface area contributed by atoms with Gasteiger partial charge in [0.1, 0.15) is 5.82 Å². The number of morpholine rings is 1. The summed E-state index contributed by atoms with van der Waals surface area (Å²) in [7, 11) is -3.50. The van der Waals surface area contributed by atoms with Gasteiger partial charge < -0.3 is 10.1 Å². The molecule has 2 aromatic carbocycles. The molecule has 1 saturated heterocycles.